The highest BCUT2D eigenvalue weighted by Crippen LogP contribution is 2.49. The number of hydrazine groups is 1. The summed E-state index contributed by atoms with van der Waals surface area (Å²) in [5.74, 6) is 1.14. The Morgan fingerprint density at radius 1 is 1.16 bits per heavy atom. The van der Waals surface area contributed by atoms with E-state index in [2.05, 4.69) is 34.1 Å². The van der Waals surface area contributed by atoms with E-state index in [9.17, 15) is 4.79 Å². The van der Waals surface area contributed by atoms with Gasteiger partial charge in [0, 0.05) is 44.1 Å². The Kier molecular flexibility index (Phi) is 6.56. The first-order valence-corrected chi connectivity index (χ1v) is 12.8. The summed E-state index contributed by atoms with van der Waals surface area (Å²) in [6, 6.07) is 9.48. The number of rotatable bonds is 6. The van der Waals surface area contributed by atoms with Crippen LogP contribution in [0.5, 0.6) is 5.88 Å². The van der Waals surface area contributed by atoms with Gasteiger partial charge in [0.1, 0.15) is 11.4 Å². The second-order valence-electron chi connectivity index (χ2n) is 10.1. The van der Waals surface area contributed by atoms with E-state index in [1.54, 1.807) is 24.9 Å². The molecule has 1 unspecified atom stereocenters. The fourth-order valence-corrected chi connectivity index (χ4v) is 5.22. The molecule has 198 valence electrons. The van der Waals surface area contributed by atoms with Crippen LogP contribution in [0, 0.1) is 12.8 Å². The lowest BCUT2D eigenvalue weighted by molar-refractivity contribution is 0.396. The number of allylic oxidation sites excluding steroid dienone is 1. The molecule has 1 aromatic carbocycles. The van der Waals surface area contributed by atoms with Crippen molar-refractivity contribution in [3.05, 3.63) is 92.4 Å². The van der Waals surface area contributed by atoms with Crippen LogP contribution in [0.3, 0.4) is 0 Å². The number of nitrogens with zero attached hydrogens (tertiary/aromatic N) is 6. The van der Waals surface area contributed by atoms with Crippen molar-refractivity contribution in [2.24, 2.45) is 13.0 Å². The van der Waals surface area contributed by atoms with Gasteiger partial charge >= 0.3 is 0 Å². The van der Waals surface area contributed by atoms with E-state index in [-0.39, 0.29) is 17.5 Å². The van der Waals surface area contributed by atoms with Crippen molar-refractivity contribution in [3.8, 4) is 5.88 Å². The third kappa shape index (κ3) is 4.26. The molecular formula is C28H32ClN7O2. The molecule has 1 N–H and O–H groups in total. The molecule has 2 aliphatic heterocycles. The first-order valence-electron chi connectivity index (χ1n) is 12.4. The lowest BCUT2D eigenvalue weighted by Crippen LogP contribution is -2.35. The average molecular weight is 534 g/mol. The molecule has 0 saturated heterocycles. The van der Waals surface area contributed by atoms with Gasteiger partial charge in [-0.15, -0.1) is 0 Å². The molecule has 3 aromatic rings. The van der Waals surface area contributed by atoms with E-state index < -0.39 is 0 Å². The summed E-state index contributed by atoms with van der Waals surface area (Å²) >= 11 is 6.26. The van der Waals surface area contributed by atoms with Crippen LogP contribution < -0.4 is 30.5 Å². The van der Waals surface area contributed by atoms with Gasteiger partial charge in [-0.05, 0) is 42.2 Å². The summed E-state index contributed by atoms with van der Waals surface area (Å²) in [5.41, 5.74) is 9.84. The zero-order valence-electron chi connectivity index (χ0n) is 22.7. The van der Waals surface area contributed by atoms with Crippen LogP contribution in [0.15, 0.2) is 70.7 Å². The van der Waals surface area contributed by atoms with Crippen molar-refractivity contribution in [1.82, 2.24) is 20.0 Å². The van der Waals surface area contributed by atoms with Gasteiger partial charge in [-0.3, -0.25) is 15.2 Å². The third-order valence-corrected chi connectivity index (χ3v) is 6.98. The summed E-state index contributed by atoms with van der Waals surface area (Å²) < 4.78 is 7.31. The summed E-state index contributed by atoms with van der Waals surface area (Å²) in [5, 5.41) is 2.66. The zero-order valence-corrected chi connectivity index (χ0v) is 23.4. The maximum Gasteiger partial charge on any atom is 0.274 e. The molecular weight excluding hydrogens is 502 g/mol. The van der Waals surface area contributed by atoms with Crippen LogP contribution in [-0.4, -0.2) is 35.7 Å². The van der Waals surface area contributed by atoms with E-state index in [0.717, 1.165) is 28.1 Å². The molecule has 5 rings (SSSR count). The Balaban J connectivity index is 1.71. The standard InChI is InChI=1S/C28H32ClN7O2/c1-16(2)24-23-20(32-36(24)22-13-30-28(33(4)5)31-26(22)38-7)15-35(21-12-17(3)14-34(6)27(21)37)25(23)18-8-10-19(29)11-9-18/h8-16,25,32H,1-7H3. The largest absolute Gasteiger partial charge is 0.479 e. The highest BCUT2D eigenvalue weighted by molar-refractivity contribution is 6.30. The number of nitrogens with one attached hydrogen (secondary N) is 1. The Labute approximate surface area is 227 Å². The van der Waals surface area contributed by atoms with Crippen LogP contribution in [0.4, 0.5) is 17.3 Å². The van der Waals surface area contributed by atoms with Crippen LogP contribution in [-0.2, 0) is 7.05 Å². The molecule has 0 bridgehead atoms. The lowest BCUT2D eigenvalue weighted by Gasteiger charge is -2.31. The molecule has 2 aromatic heterocycles. The summed E-state index contributed by atoms with van der Waals surface area (Å²) in [6.45, 7) is 6.29. The molecule has 0 amide bonds. The van der Waals surface area contributed by atoms with E-state index in [0.29, 0.717) is 28.2 Å². The summed E-state index contributed by atoms with van der Waals surface area (Å²) in [7, 11) is 7.17. The minimum atomic E-state index is -0.250. The maximum absolute atomic E-state index is 13.3. The van der Waals surface area contributed by atoms with Gasteiger partial charge in [-0.25, -0.2) is 4.98 Å². The number of aromatic nitrogens is 3. The number of hydrogen-bond acceptors (Lipinski definition) is 8. The van der Waals surface area contributed by atoms with Gasteiger partial charge < -0.3 is 19.1 Å². The molecule has 0 radical (unpaired) electrons. The monoisotopic (exact) mass is 533 g/mol. The fraction of sp³-hybridized carbons (Fsp3) is 0.321. The number of anilines is 3. The highest BCUT2D eigenvalue weighted by atomic mass is 35.5. The molecule has 0 fully saturated rings. The second kappa shape index (κ2) is 9.72. The van der Waals surface area contributed by atoms with Gasteiger partial charge in [-0.1, -0.05) is 37.6 Å². The van der Waals surface area contributed by atoms with Crippen molar-refractivity contribution >= 4 is 28.9 Å². The van der Waals surface area contributed by atoms with Crippen LogP contribution >= 0.6 is 11.6 Å². The van der Waals surface area contributed by atoms with E-state index in [1.165, 1.54) is 0 Å². The Bertz CT molecular complexity index is 1510. The van der Waals surface area contributed by atoms with Crippen LogP contribution in [0.1, 0.15) is 31.0 Å². The zero-order chi connectivity index (χ0) is 27.3. The van der Waals surface area contributed by atoms with Gasteiger partial charge in [0.2, 0.25) is 11.8 Å². The van der Waals surface area contributed by atoms with Crippen LogP contribution in [0.2, 0.25) is 5.02 Å². The summed E-state index contributed by atoms with van der Waals surface area (Å²) in [4.78, 5) is 26.3. The first-order chi connectivity index (χ1) is 18.1. The molecule has 0 aliphatic carbocycles. The molecule has 10 heteroatoms. The van der Waals surface area contributed by atoms with Gasteiger partial charge in [0.25, 0.3) is 5.56 Å². The normalized spacial score (nSPS) is 16.7. The van der Waals surface area contributed by atoms with Gasteiger partial charge in [0.05, 0.1) is 30.7 Å². The predicted molar refractivity (Wildman–Crippen MR) is 152 cm³/mol. The van der Waals surface area contributed by atoms with Crippen molar-refractivity contribution < 1.29 is 4.74 Å². The van der Waals surface area contributed by atoms with E-state index >= 15 is 0 Å². The van der Waals surface area contributed by atoms with Crippen molar-refractivity contribution in [2.75, 3.05) is 36.0 Å². The van der Waals surface area contributed by atoms with Crippen molar-refractivity contribution in [3.63, 3.8) is 0 Å². The Morgan fingerprint density at radius 2 is 1.87 bits per heavy atom. The molecule has 4 heterocycles. The minimum Gasteiger partial charge on any atom is -0.479 e. The minimum absolute atomic E-state index is 0.0655. The fourth-order valence-electron chi connectivity index (χ4n) is 5.09. The number of halogens is 1. The van der Waals surface area contributed by atoms with Crippen molar-refractivity contribution in [2.45, 2.75) is 26.8 Å². The number of methoxy groups -OCH3 is 1. The summed E-state index contributed by atoms with van der Waals surface area (Å²) in [6.07, 6.45) is 5.62. The quantitative estimate of drug-likeness (QED) is 0.494. The molecule has 2 aliphatic rings. The average Bonchev–Trinajstić information content (AvgIpc) is 3.42. The number of hydrogen-bond donors (Lipinski definition) is 1. The number of fused-ring (bicyclic) bond motifs is 1. The number of pyridine rings is 1. The molecule has 9 nitrogen and oxygen atoms in total. The number of aryl methyl sites for hydroxylation is 2. The van der Waals surface area contributed by atoms with Gasteiger partial charge in [0.15, 0.2) is 0 Å². The smallest absolute Gasteiger partial charge is 0.274 e. The van der Waals surface area contributed by atoms with Crippen molar-refractivity contribution in [1.29, 1.82) is 0 Å². The molecule has 38 heavy (non-hydrogen) atoms. The van der Waals surface area contributed by atoms with Gasteiger partial charge in [-0.2, -0.15) is 4.98 Å². The van der Waals surface area contributed by atoms with Crippen LogP contribution in [0.25, 0.3) is 0 Å². The first kappa shape index (κ1) is 25.7. The predicted octanol–water partition coefficient (Wildman–Crippen LogP) is 4.55. The molecule has 1 atom stereocenters. The number of benzene rings is 1. The van der Waals surface area contributed by atoms with E-state index in [1.807, 2.05) is 73.7 Å². The van der Waals surface area contributed by atoms with E-state index in [4.69, 9.17) is 16.3 Å². The lowest BCUT2D eigenvalue weighted by atomic mass is 9.93. The second-order valence-corrected chi connectivity index (χ2v) is 10.5. The highest BCUT2D eigenvalue weighted by Gasteiger charge is 2.43. The number of ether oxygens (including phenoxy) is 1. The molecule has 0 saturated carbocycles. The molecule has 0 spiro atoms. The third-order valence-electron chi connectivity index (χ3n) is 6.73. The maximum atomic E-state index is 13.3. The topological polar surface area (TPSA) is 78.8 Å². The SMILES string of the molecule is COc1nc(N(C)C)ncc1N1NC2=CN(c3cc(C)cn(C)c3=O)C(c3ccc(Cl)cc3)C2=C1C(C)C. The Morgan fingerprint density at radius 3 is 2.50 bits per heavy atom. The Hall–Kier alpha value is -3.98.